The van der Waals surface area contributed by atoms with Crippen LogP contribution in [0.5, 0.6) is 0 Å². The molecule has 0 aliphatic heterocycles. The van der Waals surface area contributed by atoms with E-state index in [1.807, 2.05) is 18.2 Å². The van der Waals surface area contributed by atoms with Crippen molar-refractivity contribution in [3.63, 3.8) is 0 Å². The summed E-state index contributed by atoms with van der Waals surface area (Å²) in [5.74, 6) is 0. The van der Waals surface area contributed by atoms with Gasteiger partial charge < -0.3 is 4.74 Å². The third-order valence-corrected chi connectivity index (χ3v) is 3.68. The van der Waals surface area contributed by atoms with Crippen LogP contribution in [0.4, 0.5) is 13.2 Å². The molecule has 0 aliphatic carbocycles. The first-order valence-electron chi connectivity index (χ1n) is 6.27. The number of ether oxygens (including phenoxy) is 1. The van der Waals surface area contributed by atoms with Crippen LogP contribution in [0.2, 0.25) is 0 Å². The molecule has 1 aromatic carbocycles. The van der Waals surface area contributed by atoms with Crippen LogP contribution in [0.25, 0.3) is 0 Å². The van der Waals surface area contributed by atoms with Crippen LogP contribution in [0.15, 0.2) is 18.2 Å². The molecule has 0 spiro atoms. The molecule has 1 atom stereocenters. The first kappa shape index (κ1) is 16.5. The van der Waals surface area contributed by atoms with E-state index in [4.69, 9.17) is 0 Å². The largest absolute Gasteiger partial charge is 0.411 e. The number of rotatable bonds is 6. The predicted octanol–water partition coefficient (Wildman–Crippen LogP) is 4.83. The van der Waals surface area contributed by atoms with Gasteiger partial charge in [0.25, 0.3) is 0 Å². The zero-order valence-corrected chi connectivity index (χ0v) is 12.6. The van der Waals surface area contributed by atoms with E-state index in [2.05, 4.69) is 34.5 Å². The zero-order valence-electron chi connectivity index (χ0n) is 11.1. The molecule has 1 rings (SSSR count). The Morgan fingerprint density at radius 2 is 1.79 bits per heavy atom. The Labute approximate surface area is 120 Å². The van der Waals surface area contributed by atoms with Gasteiger partial charge >= 0.3 is 6.18 Å². The Kier molecular flexibility index (Phi) is 6.33. The second kappa shape index (κ2) is 7.29. The molecule has 1 nitrogen and oxygen atoms in total. The Balaban J connectivity index is 2.64. The standard InChI is InChI=1S/C14H18BrF3O/c1-3-10-5-6-12(7-11(10)4-2)13(15)8-19-9-14(16,17)18/h5-7,13H,3-4,8-9H2,1-2H3. The molecule has 0 amide bonds. The highest BCUT2D eigenvalue weighted by Gasteiger charge is 2.27. The summed E-state index contributed by atoms with van der Waals surface area (Å²) in [5, 5.41) is 0. The smallest absolute Gasteiger partial charge is 0.371 e. The summed E-state index contributed by atoms with van der Waals surface area (Å²) in [4.78, 5) is -0.217. The lowest BCUT2D eigenvalue weighted by Crippen LogP contribution is -2.18. The number of alkyl halides is 4. The van der Waals surface area contributed by atoms with Gasteiger partial charge in [0, 0.05) is 0 Å². The minimum absolute atomic E-state index is 0.00807. The fourth-order valence-corrected chi connectivity index (χ4v) is 2.36. The molecule has 0 heterocycles. The summed E-state index contributed by atoms with van der Waals surface area (Å²) in [6.07, 6.45) is -2.39. The topological polar surface area (TPSA) is 9.23 Å². The quantitative estimate of drug-likeness (QED) is 0.675. The van der Waals surface area contributed by atoms with E-state index in [-0.39, 0.29) is 11.4 Å². The van der Waals surface area contributed by atoms with Crippen LogP contribution in [0.1, 0.15) is 35.4 Å². The molecule has 1 aromatic rings. The molecule has 0 aliphatic rings. The van der Waals surface area contributed by atoms with E-state index in [1.54, 1.807) is 0 Å². The zero-order chi connectivity index (χ0) is 14.5. The fraction of sp³-hybridized carbons (Fsp3) is 0.571. The lowest BCUT2D eigenvalue weighted by molar-refractivity contribution is -0.173. The summed E-state index contributed by atoms with van der Waals surface area (Å²) >= 11 is 3.37. The monoisotopic (exact) mass is 338 g/mol. The molecule has 0 saturated carbocycles. The van der Waals surface area contributed by atoms with Gasteiger partial charge in [0.1, 0.15) is 6.61 Å². The second-order valence-electron chi connectivity index (χ2n) is 4.33. The lowest BCUT2D eigenvalue weighted by atomic mass is 9.99. The Morgan fingerprint density at radius 3 is 2.32 bits per heavy atom. The van der Waals surface area contributed by atoms with Gasteiger partial charge in [-0.05, 0) is 29.5 Å². The number of halogens is 4. The van der Waals surface area contributed by atoms with Crippen molar-refractivity contribution in [2.24, 2.45) is 0 Å². The van der Waals surface area contributed by atoms with Crippen LogP contribution < -0.4 is 0 Å². The second-order valence-corrected chi connectivity index (χ2v) is 5.44. The average molecular weight is 339 g/mol. The van der Waals surface area contributed by atoms with E-state index < -0.39 is 12.8 Å². The van der Waals surface area contributed by atoms with E-state index in [9.17, 15) is 13.2 Å². The first-order valence-corrected chi connectivity index (χ1v) is 7.19. The molecule has 0 bridgehead atoms. The van der Waals surface area contributed by atoms with Crippen LogP contribution in [-0.4, -0.2) is 19.4 Å². The summed E-state index contributed by atoms with van der Waals surface area (Å²) in [6.45, 7) is 2.96. The molecule has 0 fully saturated rings. The predicted molar refractivity (Wildman–Crippen MR) is 73.7 cm³/mol. The molecule has 0 N–H and O–H groups in total. The molecule has 108 valence electrons. The van der Waals surface area contributed by atoms with Gasteiger partial charge in [0.05, 0.1) is 11.4 Å². The molecule has 5 heteroatoms. The van der Waals surface area contributed by atoms with Crippen LogP contribution in [-0.2, 0) is 17.6 Å². The van der Waals surface area contributed by atoms with Crippen LogP contribution in [0.3, 0.4) is 0 Å². The summed E-state index contributed by atoms with van der Waals surface area (Å²) in [6, 6.07) is 6.01. The number of hydrogen-bond donors (Lipinski definition) is 0. The van der Waals surface area contributed by atoms with Crippen molar-refractivity contribution in [1.82, 2.24) is 0 Å². The van der Waals surface area contributed by atoms with Crippen LogP contribution >= 0.6 is 15.9 Å². The molecular weight excluding hydrogens is 321 g/mol. The summed E-state index contributed by atoms with van der Waals surface area (Å²) in [5.41, 5.74) is 3.47. The molecule has 1 unspecified atom stereocenters. The summed E-state index contributed by atoms with van der Waals surface area (Å²) in [7, 11) is 0. The Hall–Kier alpha value is -0.550. The van der Waals surface area contributed by atoms with Crippen molar-refractivity contribution in [1.29, 1.82) is 0 Å². The minimum Gasteiger partial charge on any atom is -0.371 e. The van der Waals surface area contributed by atoms with E-state index in [1.165, 1.54) is 11.1 Å². The maximum Gasteiger partial charge on any atom is 0.411 e. The van der Waals surface area contributed by atoms with Crippen molar-refractivity contribution < 1.29 is 17.9 Å². The van der Waals surface area contributed by atoms with Crippen molar-refractivity contribution in [3.05, 3.63) is 34.9 Å². The normalized spacial score (nSPS) is 13.6. The highest BCUT2D eigenvalue weighted by molar-refractivity contribution is 9.09. The van der Waals surface area contributed by atoms with E-state index >= 15 is 0 Å². The summed E-state index contributed by atoms with van der Waals surface area (Å²) < 4.78 is 40.6. The van der Waals surface area contributed by atoms with Crippen molar-refractivity contribution >= 4 is 15.9 Å². The van der Waals surface area contributed by atoms with Gasteiger partial charge in [0.2, 0.25) is 0 Å². The van der Waals surface area contributed by atoms with Gasteiger partial charge in [-0.2, -0.15) is 13.2 Å². The fourth-order valence-electron chi connectivity index (χ4n) is 1.89. The van der Waals surface area contributed by atoms with Crippen LogP contribution in [0, 0.1) is 0 Å². The maximum absolute atomic E-state index is 12.0. The number of aryl methyl sites for hydroxylation is 2. The highest BCUT2D eigenvalue weighted by atomic mass is 79.9. The van der Waals surface area contributed by atoms with Gasteiger partial charge in [-0.15, -0.1) is 0 Å². The molecule has 0 saturated heterocycles. The third-order valence-electron chi connectivity index (χ3n) is 2.88. The SMILES string of the molecule is CCc1ccc(C(Br)COCC(F)(F)F)cc1CC. The lowest BCUT2D eigenvalue weighted by Gasteiger charge is -2.15. The molecule has 19 heavy (non-hydrogen) atoms. The number of benzene rings is 1. The van der Waals surface area contributed by atoms with Gasteiger partial charge in [-0.25, -0.2) is 0 Å². The Bertz CT molecular complexity index is 404. The Morgan fingerprint density at radius 1 is 1.16 bits per heavy atom. The maximum atomic E-state index is 12.0. The molecular formula is C14H18BrF3O. The van der Waals surface area contributed by atoms with E-state index in [0.717, 1.165) is 18.4 Å². The van der Waals surface area contributed by atoms with Crippen molar-refractivity contribution in [2.75, 3.05) is 13.2 Å². The van der Waals surface area contributed by atoms with Gasteiger partial charge in [-0.3, -0.25) is 0 Å². The van der Waals surface area contributed by atoms with Crippen molar-refractivity contribution in [3.8, 4) is 0 Å². The molecule has 0 aromatic heterocycles. The highest BCUT2D eigenvalue weighted by Crippen LogP contribution is 2.26. The number of hydrogen-bond acceptors (Lipinski definition) is 1. The third kappa shape index (κ3) is 5.53. The van der Waals surface area contributed by atoms with Gasteiger partial charge in [0.15, 0.2) is 0 Å². The average Bonchev–Trinajstić information content (AvgIpc) is 2.36. The van der Waals surface area contributed by atoms with Crippen molar-refractivity contribution in [2.45, 2.75) is 37.7 Å². The molecule has 0 radical (unpaired) electrons. The first-order chi connectivity index (χ1) is 8.87. The minimum atomic E-state index is -4.27. The van der Waals surface area contributed by atoms with Gasteiger partial charge in [-0.1, -0.05) is 48.0 Å². The van der Waals surface area contributed by atoms with E-state index in [0.29, 0.717) is 0 Å².